The summed E-state index contributed by atoms with van der Waals surface area (Å²) in [4.78, 5) is 33.4. The maximum absolute atomic E-state index is 13.9. The highest BCUT2D eigenvalue weighted by Crippen LogP contribution is 2.34. The second-order valence-corrected chi connectivity index (χ2v) is 13.7. The number of nitrogens with zero attached hydrogens (tertiary/aromatic N) is 3. The van der Waals surface area contributed by atoms with Crippen LogP contribution in [0.1, 0.15) is 71.4 Å². The zero-order valence-electron chi connectivity index (χ0n) is 26.1. The number of carbonyl (C=O) groups is 2. The van der Waals surface area contributed by atoms with Crippen LogP contribution in [0.5, 0.6) is 5.75 Å². The molecule has 0 unspecified atom stereocenters. The number of piperidine rings is 1. The van der Waals surface area contributed by atoms with Crippen molar-refractivity contribution in [3.05, 3.63) is 59.7 Å². The Morgan fingerprint density at radius 2 is 1.64 bits per heavy atom. The molecule has 42 heavy (non-hydrogen) atoms. The van der Waals surface area contributed by atoms with Gasteiger partial charge < -0.3 is 37.2 Å². The summed E-state index contributed by atoms with van der Waals surface area (Å²) in [7, 11) is 0. The molecule has 2 heterocycles. The summed E-state index contributed by atoms with van der Waals surface area (Å²) in [6.45, 7) is 16.1. The number of benzene rings is 2. The lowest BCUT2D eigenvalue weighted by Crippen LogP contribution is -3.00. The molecule has 1 aliphatic carbocycles. The average Bonchev–Trinajstić information content (AvgIpc) is 3.81. The highest BCUT2D eigenvalue weighted by Gasteiger charge is 2.38. The smallest absolute Gasteiger partial charge is 0.266 e. The van der Waals surface area contributed by atoms with Crippen molar-refractivity contribution in [3.8, 4) is 5.75 Å². The maximum atomic E-state index is 13.9. The van der Waals surface area contributed by atoms with Crippen LogP contribution in [0.25, 0.3) is 0 Å². The highest BCUT2D eigenvalue weighted by molar-refractivity contribution is 5.85. The number of ether oxygens (including phenoxy) is 1. The first-order valence-corrected chi connectivity index (χ1v) is 15.6. The van der Waals surface area contributed by atoms with E-state index in [4.69, 9.17) is 4.74 Å². The predicted octanol–water partition coefficient (Wildman–Crippen LogP) is 0.959. The molecule has 2 N–H and O–H groups in total. The van der Waals surface area contributed by atoms with E-state index < -0.39 is 5.60 Å². The van der Waals surface area contributed by atoms with Crippen LogP contribution in [-0.4, -0.2) is 72.5 Å². The van der Waals surface area contributed by atoms with E-state index in [-0.39, 0.29) is 35.6 Å². The largest absolute Gasteiger partial charge is 1.00 e. The molecular formula is C34H49ClN4O3. The minimum Gasteiger partial charge on any atom is -1.00 e. The van der Waals surface area contributed by atoms with E-state index in [1.165, 1.54) is 11.1 Å². The van der Waals surface area contributed by atoms with Gasteiger partial charge in [-0.2, -0.15) is 0 Å². The van der Waals surface area contributed by atoms with E-state index in [2.05, 4.69) is 66.2 Å². The maximum Gasteiger partial charge on any atom is 0.266 e. The van der Waals surface area contributed by atoms with Crippen molar-refractivity contribution in [2.45, 2.75) is 83.9 Å². The summed E-state index contributed by atoms with van der Waals surface area (Å²) in [5.41, 5.74) is 2.75. The number of hydrogen-bond acceptors (Lipinski definition) is 4. The first kappa shape index (κ1) is 32.2. The second-order valence-electron chi connectivity index (χ2n) is 13.7. The number of anilines is 1. The van der Waals surface area contributed by atoms with Crippen molar-refractivity contribution in [1.82, 2.24) is 9.80 Å². The van der Waals surface area contributed by atoms with Crippen LogP contribution in [0.2, 0.25) is 0 Å². The Morgan fingerprint density at radius 3 is 2.29 bits per heavy atom. The Morgan fingerprint density at radius 1 is 0.952 bits per heavy atom. The van der Waals surface area contributed by atoms with Gasteiger partial charge in [-0.05, 0) is 68.2 Å². The van der Waals surface area contributed by atoms with Crippen LogP contribution in [0.3, 0.4) is 0 Å². The van der Waals surface area contributed by atoms with Crippen molar-refractivity contribution in [3.63, 3.8) is 0 Å². The molecule has 2 aliphatic heterocycles. The van der Waals surface area contributed by atoms with Gasteiger partial charge >= 0.3 is 0 Å². The summed E-state index contributed by atoms with van der Waals surface area (Å²) in [6.07, 6.45) is 4.11. The van der Waals surface area contributed by atoms with E-state index in [0.29, 0.717) is 24.9 Å². The summed E-state index contributed by atoms with van der Waals surface area (Å²) in [5, 5.41) is 2.24. The molecule has 5 rings (SSSR count). The van der Waals surface area contributed by atoms with Gasteiger partial charge in [0.05, 0.1) is 32.1 Å². The second kappa shape index (κ2) is 13.3. The van der Waals surface area contributed by atoms with Crippen molar-refractivity contribution in [2.24, 2.45) is 5.92 Å². The molecule has 0 aromatic heterocycles. The van der Waals surface area contributed by atoms with Crippen LogP contribution in [-0.2, 0) is 21.5 Å². The molecule has 1 saturated carbocycles. The van der Waals surface area contributed by atoms with Gasteiger partial charge in [-0.1, -0.05) is 51.1 Å². The summed E-state index contributed by atoms with van der Waals surface area (Å²) < 4.78 is 6.29. The molecule has 2 aromatic carbocycles. The lowest BCUT2D eigenvalue weighted by atomic mass is 9.86. The molecule has 0 radical (unpaired) electrons. The Bertz CT molecular complexity index is 1220. The van der Waals surface area contributed by atoms with Crippen LogP contribution in [0.4, 0.5) is 5.69 Å². The first-order chi connectivity index (χ1) is 19.5. The lowest BCUT2D eigenvalue weighted by Gasteiger charge is -2.37. The Kier molecular flexibility index (Phi) is 10.1. The minimum atomic E-state index is -0.938. The molecule has 2 aromatic rings. The van der Waals surface area contributed by atoms with Crippen LogP contribution >= 0.6 is 0 Å². The Hall–Kier alpha value is -2.77. The van der Waals surface area contributed by atoms with E-state index in [1.54, 1.807) is 0 Å². The highest BCUT2D eigenvalue weighted by atomic mass is 35.5. The molecule has 2 amide bonds. The molecule has 230 valence electrons. The van der Waals surface area contributed by atoms with Gasteiger partial charge in [-0.15, -0.1) is 0 Å². The number of piperazine rings is 1. The van der Waals surface area contributed by atoms with Gasteiger partial charge in [0.2, 0.25) is 5.91 Å². The van der Waals surface area contributed by atoms with Crippen LogP contribution in [0, 0.1) is 5.92 Å². The first-order valence-electron chi connectivity index (χ1n) is 15.6. The van der Waals surface area contributed by atoms with Crippen molar-refractivity contribution in [1.29, 1.82) is 0 Å². The molecular weight excluding hydrogens is 548 g/mol. The third-order valence-corrected chi connectivity index (χ3v) is 8.78. The van der Waals surface area contributed by atoms with Gasteiger partial charge in [-0.25, -0.2) is 0 Å². The van der Waals surface area contributed by atoms with Crippen molar-refractivity contribution in [2.75, 3.05) is 44.2 Å². The number of carbonyl (C=O) groups excluding carboxylic acids is 2. The molecule has 2 saturated heterocycles. The van der Waals surface area contributed by atoms with Crippen molar-refractivity contribution < 1.29 is 32.0 Å². The summed E-state index contributed by atoms with van der Waals surface area (Å²) in [6, 6.07) is 17.2. The van der Waals surface area contributed by atoms with Gasteiger partial charge in [-0.3, -0.25) is 9.59 Å². The van der Waals surface area contributed by atoms with Gasteiger partial charge in [0.25, 0.3) is 5.91 Å². The number of rotatable bonds is 8. The minimum absolute atomic E-state index is 0. The Labute approximate surface area is 258 Å². The molecule has 8 heteroatoms. The molecule has 3 fully saturated rings. The standard InChI is InChI=1S/C34H48N4O3.ClH/c1-33(2,3)27-13-11-25(12-14-27)23-38(28-15-16-28)31(39)26-8-7-19-37(24-26)29-9-6-10-30(22-29)41-34(4,5)32(40)36-20-17-35-18-21-36;/h6,9-14,22,26,28,35H,7-8,15-21,23-24H2,1-5H3;1H/t26-;/m1./s1. The lowest BCUT2D eigenvalue weighted by molar-refractivity contribution is -0.662. The number of quaternary nitrogens is 1. The van der Waals surface area contributed by atoms with E-state index in [9.17, 15) is 9.59 Å². The number of nitrogens with two attached hydrogens (primary N) is 1. The fourth-order valence-electron chi connectivity index (χ4n) is 6.14. The molecule has 3 aliphatic rings. The Balaban J connectivity index is 0.00000405. The van der Waals surface area contributed by atoms with E-state index in [0.717, 1.165) is 64.1 Å². The SMILES string of the molecule is CC(C)(Oc1cccc(N2CCC[C@@H](C(=O)N(Cc3ccc(C(C)(C)C)cc3)C3CC3)C2)c1)C(=O)N1CC[NH2+]CC1.[Cl-]. The van der Waals surface area contributed by atoms with E-state index in [1.807, 2.05) is 36.9 Å². The zero-order chi connectivity index (χ0) is 29.2. The van der Waals surface area contributed by atoms with Gasteiger partial charge in [0, 0.05) is 37.4 Å². The van der Waals surface area contributed by atoms with Crippen molar-refractivity contribution >= 4 is 17.5 Å². The molecule has 0 spiro atoms. The third kappa shape index (κ3) is 7.78. The molecule has 1 atom stereocenters. The van der Waals surface area contributed by atoms with Gasteiger partial charge in [0.1, 0.15) is 5.75 Å². The summed E-state index contributed by atoms with van der Waals surface area (Å²) in [5.74, 6) is 0.996. The fraction of sp³-hybridized carbons (Fsp3) is 0.588. The van der Waals surface area contributed by atoms with E-state index >= 15 is 0 Å². The topological polar surface area (TPSA) is 69.7 Å². The molecule has 7 nitrogen and oxygen atoms in total. The van der Waals surface area contributed by atoms with Gasteiger partial charge in [0.15, 0.2) is 5.60 Å². The number of amides is 2. The average molecular weight is 597 g/mol. The van der Waals surface area contributed by atoms with Crippen LogP contribution in [0.15, 0.2) is 48.5 Å². The monoisotopic (exact) mass is 596 g/mol. The third-order valence-electron chi connectivity index (χ3n) is 8.78. The molecule has 0 bridgehead atoms. The fourth-order valence-corrected chi connectivity index (χ4v) is 6.14. The predicted molar refractivity (Wildman–Crippen MR) is 163 cm³/mol. The normalized spacial score (nSPS) is 19.6. The quantitative estimate of drug-likeness (QED) is 0.493. The summed E-state index contributed by atoms with van der Waals surface area (Å²) >= 11 is 0. The number of hydrogen-bond donors (Lipinski definition) is 1. The van der Waals surface area contributed by atoms with Crippen LogP contribution < -0.4 is 27.4 Å². The number of halogens is 1. The zero-order valence-corrected chi connectivity index (χ0v) is 26.8.